The molecule has 0 aliphatic carbocycles. The summed E-state index contributed by atoms with van der Waals surface area (Å²) < 4.78 is 20.2. The highest BCUT2D eigenvalue weighted by Gasteiger charge is 2.16. The second-order valence-electron chi connectivity index (χ2n) is 6.88. The molecule has 0 radical (unpaired) electrons. The average Bonchev–Trinajstić information content (AvgIpc) is 3.10. The van der Waals surface area contributed by atoms with Gasteiger partial charge in [0.1, 0.15) is 11.6 Å². The van der Waals surface area contributed by atoms with Crippen LogP contribution < -0.4 is 15.4 Å². The van der Waals surface area contributed by atoms with E-state index in [1.165, 1.54) is 12.1 Å². The van der Waals surface area contributed by atoms with E-state index < -0.39 is 0 Å². The minimum atomic E-state index is -0.298. The largest absolute Gasteiger partial charge is 0.495 e. The fourth-order valence-electron chi connectivity index (χ4n) is 3.21. The number of nitrogens with zero attached hydrogens (tertiary/aromatic N) is 2. The van der Waals surface area contributed by atoms with Gasteiger partial charge in [-0.25, -0.2) is 9.07 Å². The van der Waals surface area contributed by atoms with Gasteiger partial charge in [0.2, 0.25) is 5.91 Å². The van der Waals surface area contributed by atoms with Gasteiger partial charge in [-0.15, -0.1) is 0 Å². The topological polar surface area (TPSA) is 68.2 Å². The third-order valence-corrected chi connectivity index (χ3v) is 5.03. The second-order valence-corrected chi connectivity index (χ2v) is 7.32. The Kier molecular flexibility index (Phi) is 6.95. The maximum atomic E-state index is 13.2. The van der Waals surface area contributed by atoms with E-state index in [0.29, 0.717) is 17.3 Å². The van der Waals surface area contributed by atoms with Gasteiger partial charge in [-0.2, -0.15) is 5.10 Å². The van der Waals surface area contributed by atoms with Crippen molar-refractivity contribution in [1.29, 1.82) is 0 Å². The number of ether oxygens (including phenoxy) is 1. The molecule has 0 fully saturated rings. The first-order chi connectivity index (χ1) is 14.4. The van der Waals surface area contributed by atoms with E-state index in [-0.39, 0.29) is 24.2 Å². The molecule has 0 bridgehead atoms. The molecule has 6 nitrogen and oxygen atoms in total. The molecule has 0 spiro atoms. The molecular weight excluding hydrogens is 407 g/mol. The van der Waals surface area contributed by atoms with Crippen molar-refractivity contribution in [2.75, 3.05) is 19.0 Å². The van der Waals surface area contributed by atoms with Crippen molar-refractivity contribution in [3.63, 3.8) is 0 Å². The van der Waals surface area contributed by atoms with E-state index in [2.05, 4.69) is 15.7 Å². The van der Waals surface area contributed by atoms with Gasteiger partial charge in [-0.05, 0) is 56.3 Å². The average molecular weight is 431 g/mol. The standard InChI is InChI=1S/C22H24ClFN4O2/c1-14(19-13-26-28(15(19)2)18-7-5-17(24)6-8-18)27-22(29)10-11-25-20-12-16(23)4-9-21(20)30-3/h4-9,12-14,25H,10-11H2,1-3H3,(H,27,29). The normalized spacial score (nSPS) is 11.8. The Hall–Kier alpha value is -3.06. The predicted molar refractivity (Wildman–Crippen MR) is 116 cm³/mol. The molecule has 0 saturated carbocycles. The zero-order valence-corrected chi connectivity index (χ0v) is 17.8. The zero-order chi connectivity index (χ0) is 21.7. The first-order valence-corrected chi connectivity index (χ1v) is 9.94. The Balaban J connectivity index is 1.57. The molecule has 158 valence electrons. The summed E-state index contributed by atoms with van der Waals surface area (Å²) in [5.74, 6) is 0.273. The molecule has 8 heteroatoms. The number of anilines is 1. The monoisotopic (exact) mass is 430 g/mol. The third kappa shape index (κ3) is 5.10. The molecule has 1 amide bonds. The molecule has 0 aliphatic rings. The van der Waals surface area contributed by atoms with Crippen LogP contribution in [0.4, 0.5) is 10.1 Å². The van der Waals surface area contributed by atoms with Crippen LogP contribution >= 0.6 is 11.6 Å². The van der Waals surface area contributed by atoms with Crippen LogP contribution in [0.5, 0.6) is 5.75 Å². The minimum Gasteiger partial charge on any atom is -0.495 e. The van der Waals surface area contributed by atoms with Gasteiger partial charge in [-0.3, -0.25) is 4.79 Å². The zero-order valence-electron chi connectivity index (χ0n) is 17.1. The van der Waals surface area contributed by atoms with Crippen molar-refractivity contribution >= 4 is 23.2 Å². The summed E-state index contributed by atoms with van der Waals surface area (Å²) in [6.45, 7) is 4.26. The lowest BCUT2D eigenvalue weighted by Gasteiger charge is -2.15. The Morgan fingerprint density at radius 1 is 1.27 bits per heavy atom. The molecule has 2 N–H and O–H groups in total. The molecule has 2 aromatic carbocycles. The highest BCUT2D eigenvalue weighted by atomic mass is 35.5. The number of halogens is 2. The van der Waals surface area contributed by atoms with E-state index in [1.54, 1.807) is 48.3 Å². The lowest BCUT2D eigenvalue weighted by molar-refractivity contribution is -0.121. The lowest BCUT2D eigenvalue weighted by atomic mass is 10.1. The van der Waals surface area contributed by atoms with Gasteiger partial charge >= 0.3 is 0 Å². The SMILES string of the molecule is COc1ccc(Cl)cc1NCCC(=O)NC(C)c1cnn(-c2ccc(F)cc2)c1C. The van der Waals surface area contributed by atoms with Crippen molar-refractivity contribution in [2.24, 2.45) is 0 Å². The number of carbonyl (C=O) groups excluding carboxylic acids is 1. The smallest absolute Gasteiger partial charge is 0.222 e. The fraction of sp³-hybridized carbons (Fsp3) is 0.273. The van der Waals surface area contributed by atoms with Crippen molar-refractivity contribution < 1.29 is 13.9 Å². The van der Waals surface area contributed by atoms with E-state index in [4.69, 9.17) is 16.3 Å². The summed E-state index contributed by atoms with van der Waals surface area (Å²) in [5.41, 5.74) is 3.29. The quantitative estimate of drug-likeness (QED) is 0.545. The molecule has 0 saturated heterocycles. The number of amides is 1. The summed E-state index contributed by atoms with van der Waals surface area (Å²) >= 11 is 6.02. The number of aromatic nitrogens is 2. The summed E-state index contributed by atoms with van der Waals surface area (Å²) in [7, 11) is 1.58. The van der Waals surface area contributed by atoms with Crippen molar-refractivity contribution in [1.82, 2.24) is 15.1 Å². The van der Waals surface area contributed by atoms with E-state index in [9.17, 15) is 9.18 Å². The number of hydrogen-bond acceptors (Lipinski definition) is 4. The van der Waals surface area contributed by atoms with E-state index in [0.717, 1.165) is 22.6 Å². The first kappa shape index (κ1) is 21.6. The van der Waals surface area contributed by atoms with Gasteiger partial charge in [0.15, 0.2) is 0 Å². The number of rotatable bonds is 8. The predicted octanol–water partition coefficient (Wildman–Crippen LogP) is 4.66. The fourth-order valence-corrected chi connectivity index (χ4v) is 3.38. The van der Waals surface area contributed by atoms with Crippen LogP contribution in [0.1, 0.15) is 30.6 Å². The Labute approximate surface area is 180 Å². The van der Waals surface area contributed by atoms with Gasteiger partial charge < -0.3 is 15.4 Å². The summed E-state index contributed by atoms with van der Waals surface area (Å²) in [5, 5.41) is 11.1. The van der Waals surface area contributed by atoms with Gasteiger partial charge in [0, 0.05) is 29.2 Å². The van der Waals surface area contributed by atoms with Gasteiger partial charge in [0.25, 0.3) is 0 Å². The summed E-state index contributed by atoms with van der Waals surface area (Å²) in [6.07, 6.45) is 2.00. The summed E-state index contributed by atoms with van der Waals surface area (Å²) in [6, 6.07) is 11.2. The summed E-state index contributed by atoms with van der Waals surface area (Å²) in [4.78, 5) is 12.4. The molecule has 1 unspecified atom stereocenters. The first-order valence-electron chi connectivity index (χ1n) is 9.56. The molecule has 1 atom stereocenters. The van der Waals surface area contributed by atoms with Crippen LogP contribution in [0.15, 0.2) is 48.7 Å². The van der Waals surface area contributed by atoms with Crippen LogP contribution in [0.3, 0.4) is 0 Å². The number of carbonyl (C=O) groups is 1. The molecular formula is C22H24ClFN4O2. The molecule has 1 heterocycles. The van der Waals surface area contributed by atoms with E-state index >= 15 is 0 Å². The highest BCUT2D eigenvalue weighted by Crippen LogP contribution is 2.27. The highest BCUT2D eigenvalue weighted by molar-refractivity contribution is 6.30. The number of hydrogen-bond donors (Lipinski definition) is 2. The molecule has 0 aliphatic heterocycles. The maximum absolute atomic E-state index is 13.2. The van der Waals surface area contributed by atoms with Crippen LogP contribution in [0.2, 0.25) is 5.02 Å². The van der Waals surface area contributed by atoms with Crippen molar-refractivity contribution in [3.8, 4) is 11.4 Å². The van der Waals surface area contributed by atoms with E-state index in [1.807, 2.05) is 13.8 Å². The van der Waals surface area contributed by atoms with Gasteiger partial charge in [0.05, 0.1) is 30.7 Å². The maximum Gasteiger partial charge on any atom is 0.222 e. The second kappa shape index (κ2) is 9.63. The minimum absolute atomic E-state index is 0.0927. The Morgan fingerprint density at radius 2 is 2.00 bits per heavy atom. The van der Waals surface area contributed by atoms with Crippen LogP contribution in [0.25, 0.3) is 5.69 Å². The lowest BCUT2D eigenvalue weighted by Crippen LogP contribution is -2.28. The molecule has 30 heavy (non-hydrogen) atoms. The third-order valence-electron chi connectivity index (χ3n) is 4.79. The number of nitrogens with one attached hydrogen (secondary N) is 2. The Morgan fingerprint density at radius 3 is 2.70 bits per heavy atom. The molecule has 3 rings (SSSR count). The van der Waals surface area contributed by atoms with Crippen LogP contribution in [-0.2, 0) is 4.79 Å². The van der Waals surface area contributed by atoms with Gasteiger partial charge in [-0.1, -0.05) is 11.6 Å². The van der Waals surface area contributed by atoms with Crippen molar-refractivity contribution in [2.45, 2.75) is 26.3 Å². The van der Waals surface area contributed by atoms with Crippen molar-refractivity contribution in [3.05, 3.63) is 70.8 Å². The molecule has 1 aromatic heterocycles. The van der Waals surface area contributed by atoms with Crippen LogP contribution in [0, 0.1) is 12.7 Å². The number of methoxy groups -OCH3 is 1. The number of benzene rings is 2. The Bertz CT molecular complexity index is 1020. The molecule has 3 aromatic rings. The van der Waals surface area contributed by atoms with Crippen LogP contribution in [-0.4, -0.2) is 29.3 Å².